The molecule has 2 N–H and O–H groups in total. The average molecular weight is 329 g/mol. The largest absolute Gasteiger partial charge is 0.354 e. The number of aromatic nitrogens is 2. The van der Waals surface area contributed by atoms with Crippen LogP contribution < -0.4 is 10.6 Å². The Morgan fingerprint density at radius 1 is 1.26 bits per heavy atom. The van der Waals surface area contributed by atoms with Crippen molar-refractivity contribution in [1.82, 2.24) is 9.97 Å². The summed E-state index contributed by atoms with van der Waals surface area (Å²) >= 11 is 3.01. The number of nitrogens with zero attached hydrogens (tertiary/aromatic N) is 2. The molecular formula is C12H11BrF2N4. The fourth-order valence-electron chi connectivity index (χ4n) is 1.43. The van der Waals surface area contributed by atoms with Crippen molar-refractivity contribution < 1.29 is 8.78 Å². The van der Waals surface area contributed by atoms with Crippen molar-refractivity contribution in [3.63, 3.8) is 0 Å². The highest BCUT2D eigenvalue weighted by atomic mass is 79.9. The molecular weight excluding hydrogens is 318 g/mol. The molecule has 0 radical (unpaired) electrons. The molecule has 0 bridgehead atoms. The molecule has 100 valence electrons. The first-order chi connectivity index (χ1) is 9.10. The van der Waals surface area contributed by atoms with Gasteiger partial charge in [0.25, 0.3) is 0 Å². The molecule has 0 aliphatic carbocycles. The molecule has 1 aromatic carbocycles. The van der Waals surface area contributed by atoms with E-state index in [-0.39, 0.29) is 10.2 Å². The predicted molar refractivity (Wildman–Crippen MR) is 73.5 cm³/mol. The summed E-state index contributed by atoms with van der Waals surface area (Å²) < 4.78 is 26.9. The maximum atomic E-state index is 13.6. The molecule has 7 heteroatoms. The second kappa shape index (κ2) is 5.92. The first-order valence-corrected chi connectivity index (χ1v) is 6.38. The molecule has 0 spiro atoms. The zero-order valence-corrected chi connectivity index (χ0v) is 11.6. The van der Waals surface area contributed by atoms with Crippen molar-refractivity contribution in [1.29, 1.82) is 0 Å². The van der Waals surface area contributed by atoms with Crippen molar-refractivity contribution in [3.8, 4) is 0 Å². The van der Waals surface area contributed by atoms with E-state index in [1.54, 1.807) is 12.3 Å². The Labute approximate surface area is 117 Å². The van der Waals surface area contributed by atoms with E-state index in [1.165, 1.54) is 6.07 Å². The minimum atomic E-state index is -0.690. The van der Waals surface area contributed by atoms with E-state index in [2.05, 4.69) is 36.5 Å². The monoisotopic (exact) mass is 328 g/mol. The van der Waals surface area contributed by atoms with Crippen LogP contribution in [0.1, 0.15) is 6.92 Å². The van der Waals surface area contributed by atoms with Gasteiger partial charge < -0.3 is 10.6 Å². The van der Waals surface area contributed by atoms with Crippen LogP contribution in [0.15, 0.2) is 28.9 Å². The van der Waals surface area contributed by atoms with E-state index in [1.807, 2.05) is 6.92 Å². The topological polar surface area (TPSA) is 49.8 Å². The van der Waals surface area contributed by atoms with E-state index in [0.717, 1.165) is 6.07 Å². The van der Waals surface area contributed by atoms with Gasteiger partial charge in [0.2, 0.25) is 5.95 Å². The van der Waals surface area contributed by atoms with Crippen LogP contribution in [0.4, 0.5) is 26.2 Å². The Balaban J connectivity index is 2.25. The van der Waals surface area contributed by atoms with Gasteiger partial charge in [-0.3, -0.25) is 0 Å². The van der Waals surface area contributed by atoms with Gasteiger partial charge in [0.05, 0.1) is 10.2 Å². The molecule has 2 aromatic rings. The highest BCUT2D eigenvalue weighted by molar-refractivity contribution is 9.10. The van der Waals surface area contributed by atoms with Crippen LogP contribution in [0.25, 0.3) is 0 Å². The minimum Gasteiger partial charge on any atom is -0.354 e. The Morgan fingerprint density at radius 3 is 2.79 bits per heavy atom. The van der Waals surface area contributed by atoms with Crippen molar-refractivity contribution in [2.75, 3.05) is 17.2 Å². The van der Waals surface area contributed by atoms with E-state index < -0.39 is 11.6 Å². The molecule has 0 amide bonds. The number of hydrogen-bond acceptors (Lipinski definition) is 4. The van der Waals surface area contributed by atoms with Gasteiger partial charge in [0.15, 0.2) is 0 Å². The van der Waals surface area contributed by atoms with Crippen molar-refractivity contribution in [2.45, 2.75) is 6.92 Å². The number of hydrogen-bond donors (Lipinski definition) is 2. The molecule has 4 nitrogen and oxygen atoms in total. The molecule has 0 saturated heterocycles. The second-order valence-corrected chi connectivity index (χ2v) is 4.52. The maximum absolute atomic E-state index is 13.6. The van der Waals surface area contributed by atoms with Gasteiger partial charge in [-0.1, -0.05) is 0 Å². The molecule has 1 aromatic heterocycles. The van der Waals surface area contributed by atoms with Crippen LogP contribution in [-0.4, -0.2) is 16.5 Å². The van der Waals surface area contributed by atoms with Crippen LogP contribution in [0.2, 0.25) is 0 Å². The summed E-state index contributed by atoms with van der Waals surface area (Å²) in [5.74, 6) is -0.485. The molecule has 2 rings (SSSR count). The lowest BCUT2D eigenvalue weighted by molar-refractivity contribution is 0.581. The zero-order valence-electron chi connectivity index (χ0n) is 10.0. The van der Waals surface area contributed by atoms with Gasteiger partial charge in [0.1, 0.15) is 17.5 Å². The molecule has 0 fully saturated rings. The molecule has 0 aliphatic heterocycles. The summed E-state index contributed by atoms with van der Waals surface area (Å²) in [6.45, 7) is 2.60. The Kier molecular flexibility index (Phi) is 4.26. The molecule has 0 unspecified atom stereocenters. The van der Waals surface area contributed by atoms with Crippen molar-refractivity contribution >= 4 is 33.4 Å². The standard InChI is InChI=1S/C12H11BrF2N4/c1-2-16-12-17-4-3-11(19-12)18-10-5-7(13)8(14)6-9(10)15/h3-6H,2H2,1H3,(H2,16,17,18,19). The summed E-state index contributed by atoms with van der Waals surface area (Å²) in [6.07, 6.45) is 1.55. The molecule has 0 saturated carbocycles. The molecule has 0 aliphatic rings. The third-order valence-electron chi connectivity index (χ3n) is 2.26. The highest BCUT2D eigenvalue weighted by Crippen LogP contribution is 2.25. The normalized spacial score (nSPS) is 10.3. The highest BCUT2D eigenvalue weighted by Gasteiger charge is 2.09. The first kappa shape index (κ1) is 13.7. The summed E-state index contributed by atoms with van der Waals surface area (Å²) in [4.78, 5) is 8.14. The van der Waals surface area contributed by atoms with E-state index in [9.17, 15) is 8.78 Å². The lowest BCUT2D eigenvalue weighted by Crippen LogP contribution is -2.04. The third-order valence-corrected chi connectivity index (χ3v) is 2.87. The minimum absolute atomic E-state index is 0.134. The number of rotatable bonds is 4. The number of benzene rings is 1. The zero-order chi connectivity index (χ0) is 13.8. The van der Waals surface area contributed by atoms with Gasteiger partial charge in [-0.2, -0.15) is 4.98 Å². The number of anilines is 3. The molecule has 19 heavy (non-hydrogen) atoms. The second-order valence-electron chi connectivity index (χ2n) is 3.67. The van der Waals surface area contributed by atoms with Gasteiger partial charge >= 0.3 is 0 Å². The Bertz CT molecular complexity index is 592. The number of nitrogens with one attached hydrogen (secondary N) is 2. The summed E-state index contributed by atoms with van der Waals surface area (Å²) in [5, 5.41) is 5.72. The van der Waals surface area contributed by atoms with Gasteiger partial charge in [0, 0.05) is 18.8 Å². The van der Waals surface area contributed by atoms with E-state index in [0.29, 0.717) is 18.3 Å². The molecule has 1 heterocycles. The average Bonchev–Trinajstić information content (AvgIpc) is 2.37. The predicted octanol–water partition coefficient (Wildman–Crippen LogP) is 3.69. The fraction of sp³-hybridized carbons (Fsp3) is 0.167. The van der Waals surface area contributed by atoms with Crippen LogP contribution >= 0.6 is 15.9 Å². The summed E-state index contributed by atoms with van der Waals surface area (Å²) in [5.41, 5.74) is 0.134. The third kappa shape index (κ3) is 3.37. The Morgan fingerprint density at radius 2 is 2.05 bits per heavy atom. The van der Waals surface area contributed by atoms with Crippen LogP contribution in [-0.2, 0) is 0 Å². The lowest BCUT2D eigenvalue weighted by atomic mass is 10.3. The van der Waals surface area contributed by atoms with Crippen molar-refractivity contribution in [3.05, 3.63) is 40.5 Å². The fourth-order valence-corrected chi connectivity index (χ4v) is 1.77. The Hall–Kier alpha value is -1.76. The SMILES string of the molecule is CCNc1nccc(Nc2cc(Br)c(F)cc2F)n1. The van der Waals surface area contributed by atoms with Crippen LogP contribution in [0.3, 0.4) is 0 Å². The smallest absolute Gasteiger partial charge is 0.224 e. The number of halogens is 3. The van der Waals surface area contributed by atoms with Gasteiger partial charge in [-0.15, -0.1) is 0 Å². The van der Waals surface area contributed by atoms with E-state index in [4.69, 9.17) is 0 Å². The maximum Gasteiger partial charge on any atom is 0.224 e. The van der Waals surface area contributed by atoms with Crippen LogP contribution in [0.5, 0.6) is 0 Å². The van der Waals surface area contributed by atoms with Crippen LogP contribution in [0, 0.1) is 11.6 Å². The summed E-state index contributed by atoms with van der Waals surface area (Å²) in [6, 6.07) is 3.72. The quantitative estimate of drug-likeness (QED) is 0.840. The molecule has 0 atom stereocenters. The van der Waals surface area contributed by atoms with E-state index >= 15 is 0 Å². The van der Waals surface area contributed by atoms with Gasteiger partial charge in [-0.25, -0.2) is 13.8 Å². The lowest BCUT2D eigenvalue weighted by Gasteiger charge is -2.09. The first-order valence-electron chi connectivity index (χ1n) is 5.58. The van der Waals surface area contributed by atoms with Crippen molar-refractivity contribution in [2.24, 2.45) is 0 Å². The van der Waals surface area contributed by atoms with Gasteiger partial charge in [-0.05, 0) is 35.0 Å². The summed E-state index contributed by atoms with van der Waals surface area (Å²) in [7, 11) is 0.